The van der Waals surface area contributed by atoms with Gasteiger partial charge in [0.25, 0.3) is 0 Å². The lowest BCUT2D eigenvalue weighted by Gasteiger charge is -2.43. The summed E-state index contributed by atoms with van der Waals surface area (Å²) in [6.07, 6.45) is 2.29. The molecule has 2 heterocycles. The topological polar surface area (TPSA) is 33.7 Å². The Hall–Kier alpha value is -1.42. The first-order valence-electron chi connectivity index (χ1n) is 7.73. The van der Waals surface area contributed by atoms with Gasteiger partial charge >= 0.3 is 0 Å². The van der Waals surface area contributed by atoms with Gasteiger partial charge in [0.15, 0.2) is 11.5 Å². The van der Waals surface area contributed by atoms with E-state index in [4.69, 9.17) is 9.47 Å². The summed E-state index contributed by atoms with van der Waals surface area (Å²) in [7, 11) is 0. The van der Waals surface area contributed by atoms with Crippen LogP contribution < -0.4 is 19.7 Å². The van der Waals surface area contributed by atoms with Gasteiger partial charge in [0, 0.05) is 25.2 Å². The molecule has 1 N–H and O–H groups in total. The Labute approximate surface area is 121 Å². The van der Waals surface area contributed by atoms with Crippen LogP contribution >= 0.6 is 0 Å². The Morgan fingerprint density at radius 1 is 1.20 bits per heavy atom. The molecule has 2 unspecified atom stereocenters. The predicted octanol–water partition coefficient (Wildman–Crippen LogP) is 2.42. The first-order chi connectivity index (χ1) is 9.85. The van der Waals surface area contributed by atoms with Crippen LogP contribution in [0.3, 0.4) is 0 Å². The zero-order chi connectivity index (χ0) is 13.9. The number of piperazine rings is 1. The Kier molecular flexibility index (Phi) is 4.01. The summed E-state index contributed by atoms with van der Waals surface area (Å²) in [5.74, 6) is 1.81. The van der Waals surface area contributed by atoms with E-state index in [2.05, 4.69) is 36.2 Å². The minimum atomic E-state index is 0.519. The van der Waals surface area contributed by atoms with Gasteiger partial charge < -0.3 is 19.7 Å². The standard InChI is InChI=1S/C16H24N2O2/c1-3-12-13(4-2)18(9-8-17-12)14-6-5-7-15-16(14)20-11-10-19-15/h5-7,12-13,17H,3-4,8-11H2,1-2H3. The third kappa shape index (κ3) is 2.33. The summed E-state index contributed by atoms with van der Waals surface area (Å²) >= 11 is 0. The molecule has 110 valence electrons. The van der Waals surface area contributed by atoms with Crippen molar-refractivity contribution in [2.24, 2.45) is 0 Å². The quantitative estimate of drug-likeness (QED) is 0.919. The first-order valence-corrected chi connectivity index (χ1v) is 7.73. The monoisotopic (exact) mass is 276 g/mol. The molecule has 0 spiro atoms. The number of nitrogens with zero attached hydrogens (tertiary/aromatic N) is 1. The number of nitrogens with one attached hydrogen (secondary N) is 1. The summed E-state index contributed by atoms with van der Waals surface area (Å²) in [5, 5.41) is 3.64. The average Bonchev–Trinajstić information content (AvgIpc) is 2.53. The van der Waals surface area contributed by atoms with Crippen molar-refractivity contribution < 1.29 is 9.47 Å². The summed E-state index contributed by atoms with van der Waals surface area (Å²) in [5.41, 5.74) is 1.19. The molecule has 0 bridgehead atoms. The maximum atomic E-state index is 5.88. The van der Waals surface area contributed by atoms with E-state index in [1.165, 1.54) is 5.69 Å². The van der Waals surface area contributed by atoms with Gasteiger partial charge in [0.1, 0.15) is 13.2 Å². The van der Waals surface area contributed by atoms with Crippen molar-refractivity contribution in [3.63, 3.8) is 0 Å². The van der Waals surface area contributed by atoms with E-state index in [0.717, 1.165) is 37.4 Å². The van der Waals surface area contributed by atoms with E-state index in [9.17, 15) is 0 Å². The molecule has 4 nitrogen and oxygen atoms in total. The SMILES string of the molecule is CCC1NCCN(c2cccc3c2OCCO3)C1CC. The van der Waals surface area contributed by atoms with Crippen LogP contribution in [0.15, 0.2) is 18.2 Å². The second kappa shape index (κ2) is 5.92. The number of para-hydroxylation sites is 1. The second-order valence-electron chi connectivity index (χ2n) is 5.44. The Morgan fingerprint density at radius 3 is 2.85 bits per heavy atom. The minimum absolute atomic E-state index is 0.519. The fourth-order valence-electron chi connectivity index (χ4n) is 3.39. The minimum Gasteiger partial charge on any atom is -0.486 e. The molecular formula is C16H24N2O2. The van der Waals surface area contributed by atoms with Gasteiger partial charge in [-0.05, 0) is 25.0 Å². The molecular weight excluding hydrogens is 252 g/mol. The van der Waals surface area contributed by atoms with Gasteiger partial charge in [0.2, 0.25) is 0 Å². The average molecular weight is 276 g/mol. The molecule has 0 saturated carbocycles. The van der Waals surface area contributed by atoms with Crippen molar-refractivity contribution in [3.8, 4) is 11.5 Å². The summed E-state index contributed by atoms with van der Waals surface area (Å²) < 4.78 is 11.6. The van der Waals surface area contributed by atoms with Crippen LogP contribution in [0.2, 0.25) is 0 Å². The molecule has 4 heteroatoms. The van der Waals surface area contributed by atoms with Crippen molar-refractivity contribution in [1.29, 1.82) is 0 Å². The molecule has 2 aliphatic heterocycles. The number of hydrogen-bond acceptors (Lipinski definition) is 4. The van der Waals surface area contributed by atoms with Crippen LogP contribution in [-0.2, 0) is 0 Å². The molecule has 1 saturated heterocycles. The van der Waals surface area contributed by atoms with Gasteiger partial charge in [-0.1, -0.05) is 19.9 Å². The molecule has 20 heavy (non-hydrogen) atoms. The third-order valence-corrected chi connectivity index (χ3v) is 4.34. The fraction of sp³-hybridized carbons (Fsp3) is 0.625. The molecule has 0 amide bonds. The maximum Gasteiger partial charge on any atom is 0.184 e. The normalized spacial score (nSPS) is 25.6. The van der Waals surface area contributed by atoms with Crippen molar-refractivity contribution in [2.75, 3.05) is 31.2 Å². The van der Waals surface area contributed by atoms with E-state index >= 15 is 0 Å². The molecule has 3 rings (SSSR count). The second-order valence-corrected chi connectivity index (χ2v) is 5.44. The summed E-state index contributed by atoms with van der Waals surface area (Å²) in [4.78, 5) is 2.50. The van der Waals surface area contributed by atoms with E-state index in [1.807, 2.05) is 6.07 Å². The van der Waals surface area contributed by atoms with Crippen molar-refractivity contribution in [2.45, 2.75) is 38.8 Å². The largest absolute Gasteiger partial charge is 0.486 e. The molecule has 2 aliphatic rings. The summed E-state index contributed by atoms with van der Waals surface area (Å²) in [6, 6.07) is 7.30. The molecule has 1 aromatic carbocycles. The highest BCUT2D eigenvalue weighted by Gasteiger charge is 2.31. The fourth-order valence-corrected chi connectivity index (χ4v) is 3.39. The predicted molar refractivity (Wildman–Crippen MR) is 80.9 cm³/mol. The van der Waals surface area contributed by atoms with Crippen molar-refractivity contribution >= 4 is 5.69 Å². The van der Waals surface area contributed by atoms with Crippen LogP contribution in [-0.4, -0.2) is 38.4 Å². The smallest absolute Gasteiger partial charge is 0.184 e. The number of hydrogen-bond donors (Lipinski definition) is 1. The zero-order valence-electron chi connectivity index (χ0n) is 12.4. The number of fused-ring (bicyclic) bond motifs is 1. The van der Waals surface area contributed by atoms with E-state index < -0.39 is 0 Å². The van der Waals surface area contributed by atoms with Crippen LogP contribution in [0.4, 0.5) is 5.69 Å². The molecule has 0 aromatic heterocycles. The van der Waals surface area contributed by atoms with Gasteiger partial charge in [-0.2, -0.15) is 0 Å². The number of benzene rings is 1. The van der Waals surface area contributed by atoms with E-state index in [-0.39, 0.29) is 0 Å². The van der Waals surface area contributed by atoms with Crippen molar-refractivity contribution in [1.82, 2.24) is 5.32 Å². The van der Waals surface area contributed by atoms with Crippen LogP contribution in [0, 0.1) is 0 Å². The molecule has 0 radical (unpaired) electrons. The maximum absolute atomic E-state index is 5.88. The Bertz CT molecular complexity index is 464. The van der Waals surface area contributed by atoms with E-state index in [1.54, 1.807) is 0 Å². The summed E-state index contributed by atoms with van der Waals surface area (Å²) in [6.45, 7) is 7.86. The highest BCUT2D eigenvalue weighted by Crippen LogP contribution is 2.41. The molecule has 0 aliphatic carbocycles. The zero-order valence-corrected chi connectivity index (χ0v) is 12.4. The Balaban J connectivity index is 1.94. The highest BCUT2D eigenvalue weighted by atomic mass is 16.6. The lowest BCUT2D eigenvalue weighted by atomic mass is 9.97. The number of rotatable bonds is 3. The van der Waals surface area contributed by atoms with Gasteiger partial charge in [-0.15, -0.1) is 0 Å². The third-order valence-electron chi connectivity index (χ3n) is 4.34. The van der Waals surface area contributed by atoms with Crippen LogP contribution in [0.25, 0.3) is 0 Å². The van der Waals surface area contributed by atoms with Gasteiger partial charge in [0.05, 0.1) is 5.69 Å². The molecule has 1 aromatic rings. The molecule has 1 fully saturated rings. The number of ether oxygens (including phenoxy) is 2. The lowest BCUT2D eigenvalue weighted by Crippen LogP contribution is -2.57. The van der Waals surface area contributed by atoms with Gasteiger partial charge in [-0.3, -0.25) is 0 Å². The highest BCUT2D eigenvalue weighted by molar-refractivity contribution is 5.66. The van der Waals surface area contributed by atoms with Gasteiger partial charge in [-0.25, -0.2) is 0 Å². The first kappa shape index (κ1) is 13.6. The Morgan fingerprint density at radius 2 is 2.05 bits per heavy atom. The molecule has 2 atom stereocenters. The van der Waals surface area contributed by atoms with Crippen LogP contribution in [0.5, 0.6) is 11.5 Å². The lowest BCUT2D eigenvalue weighted by molar-refractivity contribution is 0.171. The number of anilines is 1. The van der Waals surface area contributed by atoms with Crippen LogP contribution in [0.1, 0.15) is 26.7 Å². The van der Waals surface area contributed by atoms with Crippen molar-refractivity contribution in [3.05, 3.63) is 18.2 Å². The van der Waals surface area contributed by atoms with E-state index in [0.29, 0.717) is 25.3 Å².